The van der Waals surface area contributed by atoms with Gasteiger partial charge in [0.05, 0.1) is 0 Å². The highest BCUT2D eigenvalue weighted by Crippen LogP contribution is 2.37. The average molecular weight is 198 g/mol. The SMILES string of the molecule is CC(C)CN(C)C1(CN)CCC(C)C1. The van der Waals surface area contributed by atoms with E-state index in [1.54, 1.807) is 0 Å². The highest BCUT2D eigenvalue weighted by molar-refractivity contribution is 4.97. The minimum atomic E-state index is 0.309. The van der Waals surface area contributed by atoms with Crippen LogP contribution >= 0.6 is 0 Å². The summed E-state index contributed by atoms with van der Waals surface area (Å²) in [4.78, 5) is 2.50. The molecule has 0 spiro atoms. The Labute approximate surface area is 88.8 Å². The van der Waals surface area contributed by atoms with Crippen molar-refractivity contribution in [2.45, 2.75) is 45.6 Å². The van der Waals surface area contributed by atoms with Crippen molar-refractivity contribution in [2.24, 2.45) is 17.6 Å². The Bertz CT molecular complexity index is 179. The Balaban J connectivity index is 2.60. The second kappa shape index (κ2) is 4.63. The van der Waals surface area contributed by atoms with E-state index in [1.165, 1.54) is 25.8 Å². The molecule has 0 heterocycles. The molecule has 1 saturated carbocycles. The van der Waals surface area contributed by atoms with Gasteiger partial charge in [0.1, 0.15) is 0 Å². The van der Waals surface area contributed by atoms with Crippen molar-refractivity contribution in [1.29, 1.82) is 0 Å². The second-order valence-corrected chi connectivity index (χ2v) is 5.55. The lowest BCUT2D eigenvalue weighted by molar-refractivity contribution is 0.113. The summed E-state index contributed by atoms with van der Waals surface area (Å²) in [5.74, 6) is 1.59. The van der Waals surface area contributed by atoms with Gasteiger partial charge in [-0.15, -0.1) is 0 Å². The predicted octanol–water partition coefficient (Wildman–Crippen LogP) is 2.09. The number of hydrogen-bond acceptors (Lipinski definition) is 2. The Kier molecular flexibility index (Phi) is 3.96. The van der Waals surface area contributed by atoms with E-state index in [4.69, 9.17) is 5.73 Å². The minimum Gasteiger partial charge on any atom is -0.329 e. The fourth-order valence-corrected chi connectivity index (χ4v) is 2.80. The lowest BCUT2D eigenvalue weighted by Gasteiger charge is -2.39. The lowest BCUT2D eigenvalue weighted by atomic mass is 9.93. The summed E-state index contributed by atoms with van der Waals surface area (Å²) in [7, 11) is 2.24. The van der Waals surface area contributed by atoms with Crippen LogP contribution in [0.4, 0.5) is 0 Å². The van der Waals surface area contributed by atoms with Crippen LogP contribution in [0.15, 0.2) is 0 Å². The molecule has 0 amide bonds. The molecule has 1 aliphatic rings. The van der Waals surface area contributed by atoms with Crippen LogP contribution in [0.2, 0.25) is 0 Å². The number of hydrogen-bond donors (Lipinski definition) is 1. The van der Waals surface area contributed by atoms with Crippen molar-refractivity contribution in [3.8, 4) is 0 Å². The van der Waals surface area contributed by atoms with Gasteiger partial charge in [-0.25, -0.2) is 0 Å². The standard InChI is InChI=1S/C12H26N2/c1-10(2)8-14(4)12(9-13)6-5-11(3)7-12/h10-11H,5-9,13H2,1-4H3. The fraction of sp³-hybridized carbons (Fsp3) is 1.00. The van der Waals surface area contributed by atoms with Crippen molar-refractivity contribution >= 4 is 0 Å². The first-order chi connectivity index (χ1) is 6.50. The van der Waals surface area contributed by atoms with Gasteiger partial charge in [-0.3, -0.25) is 4.90 Å². The van der Waals surface area contributed by atoms with Crippen LogP contribution in [-0.4, -0.2) is 30.6 Å². The summed E-state index contributed by atoms with van der Waals surface area (Å²) in [5.41, 5.74) is 6.28. The van der Waals surface area contributed by atoms with Crippen molar-refractivity contribution in [3.05, 3.63) is 0 Å². The van der Waals surface area contributed by atoms with Crippen LogP contribution in [-0.2, 0) is 0 Å². The zero-order chi connectivity index (χ0) is 10.8. The van der Waals surface area contributed by atoms with Gasteiger partial charge in [-0.1, -0.05) is 20.8 Å². The molecule has 1 rings (SSSR count). The monoisotopic (exact) mass is 198 g/mol. The predicted molar refractivity (Wildman–Crippen MR) is 62.3 cm³/mol. The van der Waals surface area contributed by atoms with E-state index in [-0.39, 0.29) is 0 Å². The van der Waals surface area contributed by atoms with Gasteiger partial charge in [0, 0.05) is 18.6 Å². The molecule has 0 bridgehead atoms. The highest BCUT2D eigenvalue weighted by Gasteiger charge is 2.39. The van der Waals surface area contributed by atoms with E-state index in [2.05, 4.69) is 32.7 Å². The lowest BCUT2D eigenvalue weighted by Crippen LogP contribution is -2.51. The maximum Gasteiger partial charge on any atom is 0.0331 e. The van der Waals surface area contributed by atoms with E-state index in [1.807, 2.05) is 0 Å². The quantitative estimate of drug-likeness (QED) is 0.749. The first kappa shape index (κ1) is 12.0. The van der Waals surface area contributed by atoms with Gasteiger partial charge < -0.3 is 5.73 Å². The molecule has 0 aromatic carbocycles. The third-order valence-corrected chi connectivity index (χ3v) is 3.66. The van der Waals surface area contributed by atoms with Crippen LogP contribution in [0.25, 0.3) is 0 Å². The molecule has 14 heavy (non-hydrogen) atoms. The van der Waals surface area contributed by atoms with Gasteiger partial charge in [0.2, 0.25) is 0 Å². The van der Waals surface area contributed by atoms with Gasteiger partial charge in [0.25, 0.3) is 0 Å². The van der Waals surface area contributed by atoms with Gasteiger partial charge in [-0.05, 0) is 38.1 Å². The molecule has 84 valence electrons. The van der Waals surface area contributed by atoms with Crippen molar-refractivity contribution in [1.82, 2.24) is 4.90 Å². The molecular formula is C12H26N2. The third-order valence-electron chi connectivity index (χ3n) is 3.66. The first-order valence-corrected chi connectivity index (χ1v) is 5.91. The fourth-order valence-electron chi connectivity index (χ4n) is 2.80. The summed E-state index contributed by atoms with van der Waals surface area (Å²) in [5, 5.41) is 0. The van der Waals surface area contributed by atoms with E-state index in [9.17, 15) is 0 Å². The Morgan fingerprint density at radius 2 is 2.14 bits per heavy atom. The topological polar surface area (TPSA) is 29.3 Å². The van der Waals surface area contributed by atoms with Crippen LogP contribution in [0.3, 0.4) is 0 Å². The molecule has 0 aromatic heterocycles. The molecular weight excluding hydrogens is 172 g/mol. The normalized spacial score (nSPS) is 33.2. The Morgan fingerprint density at radius 1 is 1.50 bits per heavy atom. The van der Waals surface area contributed by atoms with E-state index < -0.39 is 0 Å². The van der Waals surface area contributed by atoms with E-state index in [0.717, 1.165) is 18.4 Å². The second-order valence-electron chi connectivity index (χ2n) is 5.55. The largest absolute Gasteiger partial charge is 0.329 e. The number of likely N-dealkylation sites (N-methyl/N-ethyl adjacent to an activating group) is 1. The number of nitrogens with two attached hydrogens (primary N) is 1. The maximum absolute atomic E-state index is 5.97. The molecule has 2 nitrogen and oxygen atoms in total. The van der Waals surface area contributed by atoms with Crippen molar-refractivity contribution in [2.75, 3.05) is 20.1 Å². The van der Waals surface area contributed by atoms with E-state index >= 15 is 0 Å². The molecule has 2 heteroatoms. The average Bonchev–Trinajstić information content (AvgIpc) is 2.47. The smallest absolute Gasteiger partial charge is 0.0331 e. The van der Waals surface area contributed by atoms with E-state index in [0.29, 0.717) is 5.54 Å². The Hall–Kier alpha value is -0.0800. The Morgan fingerprint density at radius 3 is 2.50 bits per heavy atom. The highest BCUT2D eigenvalue weighted by atomic mass is 15.2. The number of rotatable bonds is 4. The van der Waals surface area contributed by atoms with Crippen LogP contribution in [0.5, 0.6) is 0 Å². The maximum atomic E-state index is 5.97. The first-order valence-electron chi connectivity index (χ1n) is 5.91. The summed E-state index contributed by atoms with van der Waals surface area (Å²) in [6, 6.07) is 0. The number of nitrogens with zero attached hydrogens (tertiary/aromatic N) is 1. The summed E-state index contributed by atoms with van der Waals surface area (Å²) in [6.07, 6.45) is 3.92. The summed E-state index contributed by atoms with van der Waals surface area (Å²) >= 11 is 0. The summed E-state index contributed by atoms with van der Waals surface area (Å²) in [6.45, 7) is 8.89. The van der Waals surface area contributed by atoms with Crippen molar-refractivity contribution < 1.29 is 0 Å². The summed E-state index contributed by atoms with van der Waals surface area (Å²) < 4.78 is 0. The molecule has 0 aliphatic heterocycles. The minimum absolute atomic E-state index is 0.309. The molecule has 0 aromatic rings. The third kappa shape index (κ3) is 2.48. The zero-order valence-corrected chi connectivity index (χ0v) is 10.2. The van der Waals surface area contributed by atoms with Crippen LogP contribution in [0.1, 0.15) is 40.0 Å². The van der Waals surface area contributed by atoms with Crippen LogP contribution < -0.4 is 5.73 Å². The van der Waals surface area contributed by atoms with Crippen LogP contribution in [0, 0.1) is 11.8 Å². The molecule has 0 radical (unpaired) electrons. The van der Waals surface area contributed by atoms with Crippen molar-refractivity contribution in [3.63, 3.8) is 0 Å². The molecule has 1 fully saturated rings. The van der Waals surface area contributed by atoms with Gasteiger partial charge in [0.15, 0.2) is 0 Å². The molecule has 2 unspecified atom stereocenters. The molecule has 2 atom stereocenters. The molecule has 1 aliphatic carbocycles. The van der Waals surface area contributed by atoms with Gasteiger partial charge >= 0.3 is 0 Å². The molecule has 0 saturated heterocycles. The zero-order valence-electron chi connectivity index (χ0n) is 10.2. The van der Waals surface area contributed by atoms with Gasteiger partial charge in [-0.2, -0.15) is 0 Å². The molecule has 2 N–H and O–H groups in total.